The maximum absolute atomic E-state index is 14.4. The van der Waals surface area contributed by atoms with Gasteiger partial charge in [0, 0.05) is 30.0 Å². The molecule has 1 atom stereocenters. The third kappa shape index (κ3) is 5.68. The predicted octanol–water partition coefficient (Wildman–Crippen LogP) is 4.60. The highest BCUT2D eigenvalue weighted by atomic mass is 19.1. The van der Waals surface area contributed by atoms with Crippen molar-refractivity contribution in [3.8, 4) is 17.3 Å². The minimum absolute atomic E-state index is 0.0278. The Hall–Kier alpha value is -5.48. The van der Waals surface area contributed by atoms with E-state index >= 15 is 0 Å². The first-order chi connectivity index (χ1) is 20.8. The van der Waals surface area contributed by atoms with Crippen LogP contribution in [0.15, 0.2) is 65.7 Å². The van der Waals surface area contributed by atoms with Crippen LogP contribution < -0.4 is 10.3 Å². The highest BCUT2D eigenvalue weighted by Gasteiger charge is 2.23. The van der Waals surface area contributed by atoms with Gasteiger partial charge in [-0.3, -0.25) is 4.79 Å². The summed E-state index contributed by atoms with van der Waals surface area (Å²) in [5, 5.41) is 9.45. The quantitative estimate of drug-likeness (QED) is 0.249. The van der Waals surface area contributed by atoms with Gasteiger partial charge in [0.15, 0.2) is 11.5 Å². The Bertz CT molecular complexity index is 1980. The van der Waals surface area contributed by atoms with Crippen LogP contribution in [0.3, 0.4) is 0 Å². The van der Waals surface area contributed by atoms with E-state index in [9.17, 15) is 23.5 Å². The molecule has 0 radical (unpaired) electrons. The number of nitrogens with zero attached hydrogens (tertiary/aromatic N) is 6. The van der Waals surface area contributed by atoms with Crippen LogP contribution in [-0.2, 0) is 24.4 Å². The van der Waals surface area contributed by atoms with Crippen LogP contribution >= 0.6 is 0 Å². The van der Waals surface area contributed by atoms with Crippen molar-refractivity contribution in [2.45, 2.75) is 32.2 Å². The third-order valence-corrected chi connectivity index (χ3v) is 7.06. The summed E-state index contributed by atoms with van der Waals surface area (Å²) in [5.41, 5.74) is 1.50. The van der Waals surface area contributed by atoms with Crippen LogP contribution in [0.5, 0.6) is 5.88 Å². The van der Waals surface area contributed by atoms with Crippen molar-refractivity contribution >= 4 is 22.7 Å². The number of carboxylic acid groups (broad SMARTS) is 1. The lowest BCUT2D eigenvalue weighted by molar-refractivity contribution is -0.0590. The van der Waals surface area contributed by atoms with E-state index < -0.39 is 29.0 Å². The molecular formula is C30H22F2N6O5. The molecule has 1 fully saturated rings. The fourth-order valence-electron chi connectivity index (χ4n) is 4.65. The first-order valence-electron chi connectivity index (χ1n) is 13.1. The van der Waals surface area contributed by atoms with Crippen molar-refractivity contribution in [2.24, 2.45) is 0 Å². The Morgan fingerprint density at radius 2 is 1.98 bits per heavy atom. The first kappa shape index (κ1) is 27.7. The zero-order valence-electron chi connectivity index (χ0n) is 22.4. The number of imidazole rings is 1. The zero-order valence-corrected chi connectivity index (χ0v) is 22.4. The molecule has 2 aromatic carbocycles. The fraction of sp³-hybridized carbons (Fsp3) is 0.200. The lowest BCUT2D eigenvalue weighted by atomic mass is 10.1. The summed E-state index contributed by atoms with van der Waals surface area (Å²) in [6, 6.07) is 11.4. The summed E-state index contributed by atoms with van der Waals surface area (Å²) in [6.45, 7) is 7.84. The summed E-state index contributed by atoms with van der Waals surface area (Å²) in [6.07, 6.45) is 3.26. The molecule has 1 aliphatic heterocycles. The van der Waals surface area contributed by atoms with E-state index in [-0.39, 0.29) is 41.9 Å². The largest absolute Gasteiger partial charge is 0.478 e. The zero-order chi connectivity index (χ0) is 30.1. The number of aromatic carboxylic acids is 1. The molecule has 216 valence electrons. The Labute approximate surface area is 242 Å². The van der Waals surface area contributed by atoms with E-state index in [0.717, 1.165) is 18.7 Å². The Balaban J connectivity index is 1.25. The van der Waals surface area contributed by atoms with E-state index in [0.29, 0.717) is 35.6 Å². The van der Waals surface area contributed by atoms with Crippen LogP contribution in [0.25, 0.3) is 27.3 Å². The van der Waals surface area contributed by atoms with Crippen molar-refractivity contribution in [3.63, 3.8) is 0 Å². The van der Waals surface area contributed by atoms with Crippen molar-refractivity contribution in [3.05, 3.63) is 111 Å². The van der Waals surface area contributed by atoms with Crippen LogP contribution in [0, 0.1) is 18.2 Å². The summed E-state index contributed by atoms with van der Waals surface area (Å²) >= 11 is 0. The molecule has 13 heteroatoms. The number of carbonyl (C=O) groups is 1. The number of aromatic nitrogens is 5. The number of ether oxygens (including phenoxy) is 2. The molecule has 1 N–H and O–H groups in total. The van der Waals surface area contributed by atoms with E-state index in [1.165, 1.54) is 35.0 Å². The average molecular weight is 585 g/mol. The normalized spacial score (nSPS) is 14.3. The van der Waals surface area contributed by atoms with Gasteiger partial charge in [-0.2, -0.15) is 9.37 Å². The number of pyridine rings is 1. The predicted molar refractivity (Wildman–Crippen MR) is 149 cm³/mol. The van der Waals surface area contributed by atoms with Crippen LogP contribution in [0.2, 0.25) is 0 Å². The number of hydrogen-bond acceptors (Lipinski definition) is 7. The Morgan fingerprint density at radius 3 is 2.67 bits per heavy atom. The van der Waals surface area contributed by atoms with Gasteiger partial charge in [-0.05, 0) is 36.8 Å². The van der Waals surface area contributed by atoms with E-state index in [4.69, 9.17) is 16.0 Å². The molecule has 43 heavy (non-hydrogen) atoms. The van der Waals surface area contributed by atoms with Crippen LogP contribution in [0.4, 0.5) is 14.5 Å². The van der Waals surface area contributed by atoms with Gasteiger partial charge in [-0.25, -0.2) is 24.0 Å². The summed E-state index contributed by atoms with van der Waals surface area (Å²) in [5.74, 6) is -2.43. The SMILES string of the molecule is [C-]#[N+]c1ccc(COc2nc(-c3ccn(Cc4nc5ccc(C(=O)O)cc5n4C[C@@H]4CCO4)c(=O)c3)ncc2F)c(F)c1. The van der Waals surface area contributed by atoms with Crippen molar-refractivity contribution in [1.29, 1.82) is 0 Å². The van der Waals surface area contributed by atoms with Crippen LogP contribution in [-0.4, -0.2) is 47.9 Å². The van der Waals surface area contributed by atoms with E-state index in [1.54, 1.807) is 18.2 Å². The fourth-order valence-corrected chi connectivity index (χ4v) is 4.65. The number of halogens is 2. The number of rotatable bonds is 9. The Kier molecular flexibility index (Phi) is 7.35. The molecule has 0 unspecified atom stereocenters. The number of benzene rings is 2. The van der Waals surface area contributed by atoms with Gasteiger partial charge in [0.1, 0.15) is 18.2 Å². The highest BCUT2D eigenvalue weighted by Crippen LogP contribution is 2.24. The van der Waals surface area contributed by atoms with Gasteiger partial charge < -0.3 is 23.7 Å². The minimum Gasteiger partial charge on any atom is -0.478 e. The average Bonchev–Trinajstić information content (AvgIpc) is 3.31. The molecule has 1 saturated heterocycles. The second-order valence-electron chi connectivity index (χ2n) is 9.83. The summed E-state index contributed by atoms with van der Waals surface area (Å²) in [4.78, 5) is 40.6. The van der Waals surface area contributed by atoms with Gasteiger partial charge in [0.05, 0.1) is 48.6 Å². The lowest BCUT2D eigenvalue weighted by Gasteiger charge is -2.27. The maximum Gasteiger partial charge on any atom is 0.335 e. The molecule has 1 aliphatic rings. The topological polar surface area (TPSA) is 126 Å². The monoisotopic (exact) mass is 584 g/mol. The summed E-state index contributed by atoms with van der Waals surface area (Å²) < 4.78 is 42.9. The van der Waals surface area contributed by atoms with E-state index in [2.05, 4.69) is 19.8 Å². The molecule has 0 saturated carbocycles. The second-order valence-corrected chi connectivity index (χ2v) is 9.83. The van der Waals surface area contributed by atoms with Gasteiger partial charge in [-0.15, -0.1) is 0 Å². The minimum atomic E-state index is -1.05. The van der Waals surface area contributed by atoms with Gasteiger partial charge in [0.2, 0.25) is 5.82 Å². The molecule has 0 amide bonds. The van der Waals surface area contributed by atoms with E-state index in [1.807, 2.05) is 4.57 Å². The van der Waals surface area contributed by atoms with Crippen molar-refractivity contribution in [2.75, 3.05) is 6.61 Å². The summed E-state index contributed by atoms with van der Waals surface area (Å²) in [7, 11) is 0. The third-order valence-electron chi connectivity index (χ3n) is 7.06. The lowest BCUT2D eigenvalue weighted by Crippen LogP contribution is -2.32. The molecule has 3 aromatic heterocycles. The maximum atomic E-state index is 14.4. The van der Waals surface area contributed by atoms with Gasteiger partial charge >= 0.3 is 5.97 Å². The van der Waals surface area contributed by atoms with Crippen LogP contribution in [0.1, 0.15) is 28.2 Å². The first-order valence-corrected chi connectivity index (χ1v) is 13.1. The molecule has 5 aromatic rings. The molecular weight excluding hydrogens is 562 g/mol. The number of fused-ring (bicyclic) bond motifs is 1. The van der Waals surface area contributed by atoms with Crippen molar-refractivity contribution in [1.82, 2.24) is 24.1 Å². The molecule has 4 heterocycles. The molecule has 0 spiro atoms. The molecule has 0 aliphatic carbocycles. The molecule has 11 nitrogen and oxygen atoms in total. The Morgan fingerprint density at radius 1 is 1.14 bits per heavy atom. The standard InChI is InChI=1S/C30H22F2N6O5/c1-33-20-4-2-19(22(31)12-20)16-43-29-23(32)13-34-28(36-29)17-6-8-37(27(39)11-17)15-26-35-24-5-3-18(30(40)41)10-25(24)38(26)14-21-7-9-42-21/h2-6,8,10-13,21H,7,9,14-16H2,(H,40,41)/t21-/m0/s1. The smallest absolute Gasteiger partial charge is 0.335 e. The molecule has 0 bridgehead atoms. The number of carboxylic acids is 1. The van der Waals surface area contributed by atoms with Crippen molar-refractivity contribution < 1.29 is 28.2 Å². The highest BCUT2D eigenvalue weighted by molar-refractivity contribution is 5.92. The number of hydrogen-bond donors (Lipinski definition) is 1. The second kappa shape index (κ2) is 11.4. The molecule has 6 rings (SSSR count). The van der Waals surface area contributed by atoms with Gasteiger partial charge in [0.25, 0.3) is 11.4 Å². The van der Waals surface area contributed by atoms with Gasteiger partial charge in [-0.1, -0.05) is 12.1 Å².